The first-order valence-electron chi connectivity index (χ1n) is 7.74. The summed E-state index contributed by atoms with van der Waals surface area (Å²) < 4.78 is 0. The minimum atomic E-state index is 0.725. The molecule has 4 rings (SSSR count). The van der Waals surface area contributed by atoms with Crippen molar-refractivity contribution < 1.29 is 0 Å². The van der Waals surface area contributed by atoms with Crippen molar-refractivity contribution in [2.75, 3.05) is 11.4 Å². The molecule has 4 heteroatoms. The molecule has 1 aliphatic heterocycles. The van der Waals surface area contributed by atoms with Gasteiger partial charge in [-0.2, -0.15) is 0 Å². The van der Waals surface area contributed by atoms with Crippen LogP contribution in [0.25, 0.3) is 0 Å². The Morgan fingerprint density at radius 1 is 1.10 bits per heavy atom. The predicted octanol–water partition coefficient (Wildman–Crippen LogP) is 2.29. The minimum absolute atomic E-state index is 0.725. The molecule has 1 aromatic carbocycles. The molecule has 2 aromatic rings. The molecule has 0 radical (unpaired) electrons. The summed E-state index contributed by atoms with van der Waals surface area (Å²) in [4.78, 5) is 11.4. The zero-order valence-corrected chi connectivity index (χ0v) is 12.1. The predicted molar refractivity (Wildman–Crippen MR) is 83.1 cm³/mol. The molecule has 2 aliphatic rings. The van der Waals surface area contributed by atoms with Crippen LogP contribution in [0, 0.1) is 0 Å². The third kappa shape index (κ3) is 2.90. The van der Waals surface area contributed by atoms with Gasteiger partial charge >= 0.3 is 0 Å². The van der Waals surface area contributed by atoms with Crippen LogP contribution < -0.4 is 10.2 Å². The monoisotopic (exact) mass is 280 g/mol. The van der Waals surface area contributed by atoms with Crippen molar-refractivity contribution in [3.05, 3.63) is 53.3 Å². The molecule has 1 saturated carbocycles. The molecule has 1 fully saturated rings. The van der Waals surface area contributed by atoms with Crippen molar-refractivity contribution in [2.24, 2.45) is 0 Å². The third-order valence-electron chi connectivity index (χ3n) is 4.28. The van der Waals surface area contributed by atoms with Gasteiger partial charge in [-0.1, -0.05) is 24.3 Å². The van der Waals surface area contributed by atoms with Crippen LogP contribution in [-0.2, 0) is 19.5 Å². The van der Waals surface area contributed by atoms with Crippen LogP contribution in [-0.4, -0.2) is 22.6 Å². The van der Waals surface area contributed by atoms with Crippen LogP contribution in [0.15, 0.2) is 36.7 Å². The van der Waals surface area contributed by atoms with E-state index >= 15 is 0 Å². The highest BCUT2D eigenvalue weighted by Crippen LogP contribution is 2.22. The first-order valence-corrected chi connectivity index (χ1v) is 7.74. The maximum atomic E-state index is 4.55. The topological polar surface area (TPSA) is 41.1 Å². The standard InChI is InChI=1S/C17H20N4/c1-2-4-15-12-21(8-7-14(15)3-1)17-19-10-13(11-20-17)9-18-16-5-6-16/h1-4,10-11,16,18H,5-9,12H2. The van der Waals surface area contributed by atoms with Gasteiger partial charge in [0.25, 0.3) is 0 Å². The summed E-state index contributed by atoms with van der Waals surface area (Å²) in [5, 5.41) is 3.49. The molecule has 0 saturated heterocycles. The van der Waals surface area contributed by atoms with E-state index in [1.807, 2.05) is 12.4 Å². The number of anilines is 1. The van der Waals surface area contributed by atoms with Gasteiger partial charge < -0.3 is 10.2 Å². The lowest BCUT2D eigenvalue weighted by atomic mass is 10.0. The quantitative estimate of drug-likeness (QED) is 0.933. The van der Waals surface area contributed by atoms with Crippen molar-refractivity contribution in [1.29, 1.82) is 0 Å². The van der Waals surface area contributed by atoms with E-state index in [1.54, 1.807) is 0 Å². The van der Waals surface area contributed by atoms with Gasteiger partial charge in [0.2, 0.25) is 5.95 Å². The highest BCUT2D eigenvalue weighted by atomic mass is 15.2. The molecule has 1 aromatic heterocycles. The Bertz CT molecular complexity index is 619. The fourth-order valence-corrected chi connectivity index (χ4v) is 2.82. The molecule has 4 nitrogen and oxygen atoms in total. The fourth-order valence-electron chi connectivity index (χ4n) is 2.82. The second kappa shape index (κ2) is 5.45. The number of hydrogen-bond acceptors (Lipinski definition) is 4. The number of rotatable bonds is 4. The van der Waals surface area contributed by atoms with Gasteiger partial charge in [-0.3, -0.25) is 0 Å². The normalized spacial score (nSPS) is 17.6. The van der Waals surface area contributed by atoms with Crippen molar-refractivity contribution in [1.82, 2.24) is 15.3 Å². The van der Waals surface area contributed by atoms with Gasteiger partial charge in [0, 0.05) is 43.6 Å². The van der Waals surface area contributed by atoms with E-state index in [9.17, 15) is 0 Å². The molecule has 0 bridgehead atoms. The zero-order chi connectivity index (χ0) is 14.1. The molecule has 0 atom stereocenters. The lowest BCUT2D eigenvalue weighted by Gasteiger charge is -2.28. The van der Waals surface area contributed by atoms with Crippen LogP contribution in [0.2, 0.25) is 0 Å². The van der Waals surface area contributed by atoms with Crippen molar-refractivity contribution in [2.45, 2.75) is 38.4 Å². The number of hydrogen-bond donors (Lipinski definition) is 1. The molecule has 1 aliphatic carbocycles. The van der Waals surface area contributed by atoms with Crippen molar-refractivity contribution in [3.8, 4) is 0 Å². The average molecular weight is 280 g/mol. The Morgan fingerprint density at radius 3 is 2.62 bits per heavy atom. The number of nitrogens with zero attached hydrogens (tertiary/aromatic N) is 3. The van der Waals surface area contributed by atoms with Crippen LogP contribution in [0.1, 0.15) is 29.5 Å². The lowest BCUT2D eigenvalue weighted by molar-refractivity contribution is 0.676. The van der Waals surface area contributed by atoms with E-state index in [0.29, 0.717) is 0 Å². The summed E-state index contributed by atoms with van der Waals surface area (Å²) in [6.07, 6.45) is 7.61. The molecular weight excluding hydrogens is 260 g/mol. The van der Waals surface area contributed by atoms with E-state index in [-0.39, 0.29) is 0 Å². The van der Waals surface area contributed by atoms with Gasteiger partial charge in [-0.05, 0) is 30.4 Å². The Morgan fingerprint density at radius 2 is 1.86 bits per heavy atom. The van der Waals surface area contributed by atoms with Crippen LogP contribution in [0.4, 0.5) is 5.95 Å². The zero-order valence-electron chi connectivity index (χ0n) is 12.1. The Kier molecular flexibility index (Phi) is 3.31. The lowest BCUT2D eigenvalue weighted by Crippen LogP contribution is -2.31. The summed E-state index contributed by atoms with van der Waals surface area (Å²) in [5.41, 5.74) is 4.02. The van der Waals surface area contributed by atoms with Gasteiger partial charge in [0.05, 0.1) is 0 Å². The molecule has 21 heavy (non-hydrogen) atoms. The number of aromatic nitrogens is 2. The molecule has 2 heterocycles. The Labute approximate surface area is 125 Å². The van der Waals surface area contributed by atoms with Crippen LogP contribution in [0.5, 0.6) is 0 Å². The highest BCUT2D eigenvalue weighted by Gasteiger charge is 2.20. The van der Waals surface area contributed by atoms with Crippen LogP contribution >= 0.6 is 0 Å². The minimum Gasteiger partial charge on any atom is -0.336 e. The average Bonchev–Trinajstić information content (AvgIpc) is 3.37. The molecule has 1 N–H and O–H groups in total. The smallest absolute Gasteiger partial charge is 0.225 e. The molecule has 108 valence electrons. The Hall–Kier alpha value is -1.94. The van der Waals surface area contributed by atoms with E-state index in [2.05, 4.69) is 44.5 Å². The molecule has 0 amide bonds. The second-order valence-electron chi connectivity index (χ2n) is 5.99. The van der Waals surface area contributed by atoms with E-state index in [1.165, 1.54) is 29.5 Å². The summed E-state index contributed by atoms with van der Waals surface area (Å²) in [6.45, 7) is 2.79. The summed E-state index contributed by atoms with van der Waals surface area (Å²) in [6, 6.07) is 9.38. The van der Waals surface area contributed by atoms with Crippen molar-refractivity contribution >= 4 is 5.95 Å². The fraction of sp³-hybridized carbons (Fsp3) is 0.412. The first-order chi connectivity index (χ1) is 10.4. The first kappa shape index (κ1) is 12.8. The van der Waals surface area contributed by atoms with E-state index in [4.69, 9.17) is 0 Å². The Balaban J connectivity index is 1.44. The summed E-state index contributed by atoms with van der Waals surface area (Å²) in [7, 11) is 0. The van der Waals surface area contributed by atoms with Gasteiger partial charge in [-0.25, -0.2) is 9.97 Å². The largest absolute Gasteiger partial charge is 0.336 e. The number of nitrogens with one attached hydrogen (secondary N) is 1. The van der Waals surface area contributed by atoms with Gasteiger partial charge in [0.15, 0.2) is 0 Å². The second-order valence-corrected chi connectivity index (χ2v) is 5.99. The molecule has 0 unspecified atom stereocenters. The van der Waals surface area contributed by atoms with Gasteiger partial charge in [0.1, 0.15) is 0 Å². The number of benzene rings is 1. The van der Waals surface area contributed by atoms with Crippen LogP contribution in [0.3, 0.4) is 0 Å². The molecule has 0 spiro atoms. The summed E-state index contributed by atoms with van der Waals surface area (Å²) in [5.74, 6) is 0.847. The SMILES string of the molecule is c1ccc2c(c1)CCN(c1ncc(CNC3CC3)cn1)C2. The van der Waals surface area contributed by atoms with Crippen molar-refractivity contribution in [3.63, 3.8) is 0 Å². The van der Waals surface area contributed by atoms with Gasteiger partial charge in [-0.15, -0.1) is 0 Å². The maximum Gasteiger partial charge on any atom is 0.225 e. The van der Waals surface area contributed by atoms with E-state index < -0.39 is 0 Å². The maximum absolute atomic E-state index is 4.55. The highest BCUT2D eigenvalue weighted by molar-refractivity contribution is 5.39. The molecular formula is C17H20N4. The number of fused-ring (bicyclic) bond motifs is 1. The third-order valence-corrected chi connectivity index (χ3v) is 4.28. The summed E-state index contributed by atoms with van der Waals surface area (Å²) >= 11 is 0. The van der Waals surface area contributed by atoms with E-state index in [0.717, 1.165) is 38.0 Å².